The van der Waals surface area contributed by atoms with Crippen LogP contribution in [0.5, 0.6) is 11.5 Å². The third kappa shape index (κ3) is 5.24. The smallest absolute Gasteiger partial charge is 0.180 e. The number of aryl methyl sites for hydroxylation is 1. The molecule has 5 heteroatoms. The van der Waals surface area contributed by atoms with Gasteiger partial charge in [0.05, 0.1) is 12.1 Å². The highest BCUT2D eigenvalue weighted by atomic mass is 35.5. The van der Waals surface area contributed by atoms with Crippen molar-refractivity contribution >= 4 is 11.6 Å². The molecule has 0 aliphatic heterocycles. The first-order valence-electron chi connectivity index (χ1n) is 9.05. The van der Waals surface area contributed by atoms with Gasteiger partial charge in [-0.15, -0.1) is 0 Å². The second kappa shape index (κ2) is 9.58. The van der Waals surface area contributed by atoms with Crippen molar-refractivity contribution in [1.82, 2.24) is 5.32 Å². The molecule has 0 aliphatic carbocycles. The molecule has 0 spiro atoms. The Kier molecular flexibility index (Phi) is 6.90. The fraction of sp³-hybridized carbons (Fsp3) is 0.217. The van der Waals surface area contributed by atoms with E-state index in [4.69, 9.17) is 21.1 Å². The van der Waals surface area contributed by atoms with Gasteiger partial charge in [-0.2, -0.15) is 0 Å². The van der Waals surface area contributed by atoms with Crippen molar-refractivity contribution in [3.05, 3.63) is 93.8 Å². The van der Waals surface area contributed by atoms with Gasteiger partial charge in [-0.3, -0.25) is 0 Å². The number of hydrogen-bond donors (Lipinski definition) is 1. The molecule has 146 valence electrons. The average molecular weight is 400 g/mol. The van der Waals surface area contributed by atoms with Gasteiger partial charge in [0.1, 0.15) is 12.4 Å². The zero-order valence-corrected chi connectivity index (χ0v) is 16.7. The summed E-state index contributed by atoms with van der Waals surface area (Å²) in [5.41, 5.74) is 3.90. The summed E-state index contributed by atoms with van der Waals surface area (Å²) in [4.78, 5) is 0. The number of hydrogen-bond acceptors (Lipinski definition) is 3. The highest BCUT2D eigenvalue weighted by Crippen LogP contribution is 2.37. The topological polar surface area (TPSA) is 30.5 Å². The average Bonchev–Trinajstić information content (AvgIpc) is 2.69. The first-order chi connectivity index (χ1) is 13.6. The minimum atomic E-state index is -0.311. The predicted molar refractivity (Wildman–Crippen MR) is 110 cm³/mol. The fourth-order valence-electron chi connectivity index (χ4n) is 2.84. The lowest BCUT2D eigenvalue weighted by Crippen LogP contribution is -2.13. The first-order valence-corrected chi connectivity index (χ1v) is 9.43. The quantitative estimate of drug-likeness (QED) is 0.529. The number of halogens is 2. The molecule has 3 rings (SSSR count). The lowest BCUT2D eigenvalue weighted by molar-refractivity contribution is 0.279. The lowest BCUT2D eigenvalue weighted by Gasteiger charge is -2.15. The summed E-state index contributed by atoms with van der Waals surface area (Å²) in [6.45, 7) is 3.54. The van der Waals surface area contributed by atoms with Gasteiger partial charge in [0.15, 0.2) is 11.5 Å². The van der Waals surface area contributed by atoms with E-state index in [1.54, 1.807) is 25.3 Å². The Morgan fingerprint density at radius 1 is 0.964 bits per heavy atom. The molecule has 0 atom stereocenters. The van der Waals surface area contributed by atoms with E-state index in [9.17, 15) is 4.39 Å². The Balaban J connectivity index is 1.65. The number of rotatable bonds is 8. The Hall–Kier alpha value is -2.56. The monoisotopic (exact) mass is 399 g/mol. The van der Waals surface area contributed by atoms with Gasteiger partial charge in [0, 0.05) is 18.7 Å². The summed E-state index contributed by atoms with van der Waals surface area (Å²) in [7, 11) is 1.56. The van der Waals surface area contributed by atoms with Crippen molar-refractivity contribution < 1.29 is 13.9 Å². The highest BCUT2D eigenvalue weighted by Gasteiger charge is 2.13. The van der Waals surface area contributed by atoms with Gasteiger partial charge < -0.3 is 14.8 Å². The minimum absolute atomic E-state index is 0.0772. The molecule has 0 unspecified atom stereocenters. The van der Waals surface area contributed by atoms with E-state index in [0.717, 1.165) is 12.1 Å². The predicted octanol–water partition coefficient (Wildman–Crippen LogP) is 5.66. The SMILES string of the molecule is COc1cc(CNCc2ccc(C)cc2)cc(Cl)c1OCc1ccccc1F. The molecule has 0 radical (unpaired) electrons. The molecule has 0 saturated heterocycles. The molecule has 3 nitrogen and oxygen atoms in total. The molecule has 0 saturated carbocycles. The van der Waals surface area contributed by atoms with Crippen LogP contribution in [0.2, 0.25) is 5.02 Å². The Morgan fingerprint density at radius 3 is 2.39 bits per heavy atom. The molecule has 1 N–H and O–H groups in total. The Bertz CT molecular complexity index is 928. The van der Waals surface area contributed by atoms with Crippen LogP contribution in [-0.4, -0.2) is 7.11 Å². The van der Waals surface area contributed by atoms with Crippen molar-refractivity contribution in [3.63, 3.8) is 0 Å². The first kappa shape index (κ1) is 20.2. The van der Waals surface area contributed by atoms with Gasteiger partial charge in [-0.1, -0.05) is 59.6 Å². The third-order valence-corrected chi connectivity index (χ3v) is 4.68. The van der Waals surface area contributed by atoms with Crippen molar-refractivity contribution in [2.24, 2.45) is 0 Å². The molecule has 0 fully saturated rings. The number of nitrogens with one attached hydrogen (secondary N) is 1. The number of methoxy groups -OCH3 is 1. The maximum absolute atomic E-state index is 13.8. The van der Waals surface area contributed by atoms with E-state index >= 15 is 0 Å². The summed E-state index contributed by atoms with van der Waals surface area (Å²) in [5.74, 6) is 0.625. The molecule has 0 amide bonds. The van der Waals surface area contributed by atoms with Crippen LogP contribution in [0.15, 0.2) is 60.7 Å². The van der Waals surface area contributed by atoms with Gasteiger partial charge >= 0.3 is 0 Å². The Morgan fingerprint density at radius 2 is 1.68 bits per heavy atom. The normalized spacial score (nSPS) is 10.7. The largest absolute Gasteiger partial charge is 0.493 e. The van der Waals surface area contributed by atoms with Crippen LogP contribution in [0.25, 0.3) is 0 Å². The summed E-state index contributed by atoms with van der Waals surface area (Å²) in [6, 6.07) is 18.6. The second-order valence-corrected chi connectivity index (χ2v) is 6.99. The highest BCUT2D eigenvalue weighted by molar-refractivity contribution is 6.32. The van der Waals surface area contributed by atoms with Crippen molar-refractivity contribution in [2.75, 3.05) is 7.11 Å². The van der Waals surface area contributed by atoms with Gasteiger partial charge in [0.25, 0.3) is 0 Å². The van der Waals surface area contributed by atoms with Gasteiger partial charge in [0.2, 0.25) is 0 Å². The van der Waals surface area contributed by atoms with E-state index in [2.05, 4.69) is 36.5 Å². The van der Waals surface area contributed by atoms with Crippen LogP contribution < -0.4 is 14.8 Å². The van der Waals surface area contributed by atoms with Gasteiger partial charge in [-0.25, -0.2) is 4.39 Å². The van der Waals surface area contributed by atoms with E-state index in [0.29, 0.717) is 28.6 Å². The number of benzene rings is 3. The molecular weight excluding hydrogens is 377 g/mol. The molecule has 28 heavy (non-hydrogen) atoms. The molecule has 0 bridgehead atoms. The Labute approximate surface area is 170 Å². The minimum Gasteiger partial charge on any atom is -0.493 e. The summed E-state index contributed by atoms with van der Waals surface area (Å²) in [5, 5.41) is 3.83. The van der Waals surface area contributed by atoms with E-state index in [1.165, 1.54) is 17.2 Å². The summed E-state index contributed by atoms with van der Waals surface area (Å²) < 4.78 is 25.0. The van der Waals surface area contributed by atoms with Crippen LogP contribution in [0, 0.1) is 12.7 Å². The van der Waals surface area contributed by atoms with Crippen molar-refractivity contribution in [2.45, 2.75) is 26.6 Å². The third-order valence-electron chi connectivity index (χ3n) is 4.40. The maximum atomic E-state index is 13.8. The summed E-state index contributed by atoms with van der Waals surface area (Å²) >= 11 is 6.41. The fourth-order valence-corrected chi connectivity index (χ4v) is 3.13. The molecule has 3 aromatic rings. The maximum Gasteiger partial charge on any atom is 0.180 e. The van der Waals surface area contributed by atoms with Crippen molar-refractivity contribution in [1.29, 1.82) is 0 Å². The molecule has 0 aliphatic rings. The van der Waals surface area contributed by atoms with Crippen LogP contribution in [0.4, 0.5) is 4.39 Å². The van der Waals surface area contributed by atoms with Crippen LogP contribution in [0.1, 0.15) is 22.3 Å². The second-order valence-electron chi connectivity index (χ2n) is 6.58. The van der Waals surface area contributed by atoms with Crippen LogP contribution in [0.3, 0.4) is 0 Å². The number of ether oxygens (including phenoxy) is 2. The van der Waals surface area contributed by atoms with Gasteiger partial charge in [-0.05, 0) is 36.2 Å². The lowest BCUT2D eigenvalue weighted by atomic mass is 10.1. The van der Waals surface area contributed by atoms with E-state index in [1.807, 2.05) is 12.1 Å². The molecular formula is C23H23ClFNO2. The van der Waals surface area contributed by atoms with E-state index in [-0.39, 0.29) is 12.4 Å². The van der Waals surface area contributed by atoms with E-state index < -0.39 is 0 Å². The van der Waals surface area contributed by atoms with Crippen LogP contribution in [-0.2, 0) is 19.7 Å². The summed E-state index contributed by atoms with van der Waals surface area (Å²) in [6.07, 6.45) is 0. The molecule has 0 aromatic heterocycles. The zero-order valence-electron chi connectivity index (χ0n) is 16.0. The van der Waals surface area contributed by atoms with Crippen molar-refractivity contribution in [3.8, 4) is 11.5 Å². The molecule has 0 heterocycles. The van der Waals surface area contributed by atoms with Crippen LogP contribution >= 0.6 is 11.6 Å². The molecule has 3 aromatic carbocycles. The zero-order chi connectivity index (χ0) is 19.9. The standard InChI is InChI=1S/C23H23ClFNO2/c1-16-7-9-17(10-8-16)13-26-14-18-11-20(24)23(22(12-18)27-2)28-15-19-5-3-4-6-21(19)25/h3-12,26H,13-15H2,1-2H3.